The molecule has 1 aliphatic rings. The van der Waals surface area contributed by atoms with E-state index in [0.29, 0.717) is 42.5 Å². The van der Waals surface area contributed by atoms with E-state index in [2.05, 4.69) is 10.6 Å². The molecule has 7 heteroatoms. The molecule has 0 radical (unpaired) electrons. The summed E-state index contributed by atoms with van der Waals surface area (Å²) in [5.74, 6) is -0.740. The standard InChI is InChI=1S/C22H26N2O4S/c1-15-6-7-16(2)19(14-15)29(27,28)22(12-4-5-13-22)21(26)24-18-10-8-17(9-11-18)20(25)23-3/h6-11,14H,4-5,12-13H2,1-3H3,(H,23,25)(H,24,26). The quantitative estimate of drug-likeness (QED) is 0.784. The van der Waals surface area contributed by atoms with Crippen LogP contribution in [0.4, 0.5) is 5.69 Å². The molecule has 0 aliphatic heterocycles. The fraction of sp³-hybridized carbons (Fsp3) is 0.364. The van der Waals surface area contributed by atoms with Crippen molar-refractivity contribution in [3.05, 3.63) is 59.2 Å². The minimum atomic E-state index is -3.87. The highest BCUT2D eigenvalue weighted by molar-refractivity contribution is 7.93. The Kier molecular flexibility index (Phi) is 5.80. The van der Waals surface area contributed by atoms with Gasteiger partial charge in [-0.1, -0.05) is 25.0 Å². The summed E-state index contributed by atoms with van der Waals surface area (Å²) in [4.78, 5) is 25.2. The number of anilines is 1. The van der Waals surface area contributed by atoms with E-state index in [4.69, 9.17) is 0 Å². The third-order valence-corrected chi connectivity index (χ3v) is 8.25. The first-order chi connectivity index (χ1) is 13.7. The fourth-order valence-electron chi connectivity index (χ4n) is 3.87. The van der Waals surface area contributed by atoms with Gasteiger partial charge in [0.05, 0.1) is 4.90 Å². The number of benzene rings is 2. The van der Waals surface area contributed by atoms with Gasteiger partial charge < -0.3 is 10.6 Å². The Morgan fingerprint density at radius 3 is 2.17 bits per heavy atom. The highest BCUT2D eigenvalue weighted by Crippen LogP contribution is 2.42. The summed E-state index contributed by atoms with van der Waals surface area (Å²) >= 11 is 0. The normalized spacial score (nSPS) is 15.7. The lowest BCUT2D eigenvalue weighted by atomic mass is 10.1. The number of carbonyl (C=O) groups excluding carboxylic acids is 2. The Morgan fingerprint density at radius 1 is 0.966 bits per heavy atom. The number of nitrogens with one attached hydrogen (secondary N) is 2. The Labute approximate surface area is 171 Å². The van der Waals surface area contributed by atoms with Gasteiger partial charge in [-0.25, -0.2) is 8.42 Å². The second-order valence-electron chi connectivity index (χ2n) is 7.58. The summed E-state index contributed by atoms with van der Waals surface area (Å²) in [6.45, 7) is 3.60. The van der Waals surface area contributed by atoms with Crippen molar-refractivity contribution in [3.63, 3.8) is 0 Å². The third-order valence-electron chi connectivity index (χ3n) is 5.60. The number of hydrogen-bond donors (Lipinski definition) is 2. The molecule has 1 saturated carbocycles. The van der Waals surface area contributed by atoms with Crippen LogP contribution < -0.4 is 10.6 Å². The zero-order valence-electron chi connectivity index (χ0n) is 16.9. The maximum Gasteiger partial charge on any atom is 0.251 e. The molecule has 0 bridgehead atoms. The van der Waals surface area contributed by atoms with Crippen LogP contribution in [0.25, 0.3) is 0 Å². The van der Waals surface area contributed by atoms with Crippen LogP contribution in [0.1, 0.15) is 47.2 Å². The topological polar surface area (TPSA) is 92.3 Å². The van der Waals surface area contributed by atoms with Crippen molar-refractivity contribution in [1.29, 1.82) is 0 Å². The van der Waals surface area contributed by atoms with Crippen molar-refractivity contribution < 1.29 is 18.0 Å². The van der Waals surface area contributed by atoms with Gasteiger partial charge in [0.2, 0.25) is 5.91 Å². The van der Waals surface area contributed by atoms with Gasteiger partial charge >= 0.3 is 0 Å². The summed E-state index contributed by atoms with van der Waals surface area (Å²) < 4.78 is 25.8. The molecule has 154 valence electrons. The van der Waals surface area contributed by atoms with Gasteiger partial charge in [0.1, 0.15) is 0 Å². The Morgan fingerprint density at radius 2 is 1.59 bits per heavy atom. The zero-order chi connectivity index (χ0) is 21.2. The van der Waals surface area contributed by atoms with Gasteiger partial charge in [-0.05, 0) is 68.1 Å². The van der Waals surface area contributed by atoms with Gasteiger partial charge in [-0.3, -0.25) is 9.59 Å². The molecule has 2 aromatic rings. The molecule has 6 nitrogen and oxygen atoms in total. The molecule has 0 unspecified atom stereocenters. The van der Waals surface area contributed by atoms with Crippen LogP contribution in [0.2, 0.25) is 0 Å². The lowest BCUT2D eigenvalue weighted by Gasteiger charge is -2.28. The number of carbonyl (C=O) groups is 2. The summed E-state index contributed by atoms with van der Waals surface area (Å²) in [7, 11) is -2.33. The highest BCUT2D eigenvalue weighted by atomic mass is 32.2. The summed E-state index contributed by atoms with van der Waals surface area (Å²) in [5, 5.41) is 5.30. The van der Waals surface area contributed by atoms with Crippen LogP contribution in [0, 0.1) is 13.8 Å². The molecule has 0 heterocycles. The molecule has 29 heavy (non-hydrogen) atoms. The average Bonchev–Trinajstić information content (AvgIpc) is 3.21. The van der Waals surface area contributed by atoms with Crippen LogP contribution in [-0.4, -0.2) is 32.0 Å². The molecule has 1 aliphatic carbocycles. The minimum Gasteiger partial charge on any atom is -0.355 e. The number of amides is 2. The van der Waals surface area contributed by atoms with Gasteiger partial charge in [-0.15, -0.1) is 0 Å². The SMILES string of the molecule is CNC(=O)c1ccc(NC(=O)C2(S(=O)(=O)c3cc(C)ccc3C)CCCC2)cc1. The predicted octanol–water partition coefficient (Wildman–Crippen LogP) is 3.39. The summed E-state index contributed by atoms with van der Waals surface area (Å²) in [6.07, 6.45) is 1.97. The molecule has 2 aromatic carbocycles. The zero-order valence-corrected chi connectivity index (χ0v) is 17.7. The lowest BCUT2D eigenvalue weighted by molar-refractivity contribution is -0.118. The Hall–Kier alpha value is -2.67. The van der Waals surface area contributed by atoms with E-state index < -0.39 is 20.5 Å². The van der Waals surface area contributed by atoms with E-state index in [-0.39, 0.29) is 10.8 Å². The van der Waals surface area contributed by atoms with Crippen molar-refractivity contribution in [2.45, 2.75) is 49.2 Å². The van der Waals surface area contributed by atoms with Gasteiger partial charge in [0.25, 0.3) is 5.91 Å². The van der Waals surface area contributed by atoms with Gasteiger partial charge in [0, 0.05) is 18.3 Å². The van der Waals surface area contributed by atoms with Crippen molar-refractivity contribution in [2.24, 2.45) is 0 Å². The molecule has 0 spiro atoms. The maximum atomic E-state index is 13.6. The van der Waals surface area contributed by atoms with E-state index in [1.165, 1.54) is 0 Å². The summed E-state index contributed by atoms with van der Waals surface area (Å²) in [6, 6.07) is 11.7. The molecular formula is C22H26N2O4S. The van der Waals surface area contributed by atoms with Gasteiger partial charge in [-0.2, -0.15) is 0 Å². The smallest absolute Gasteiger partial charge is 0.251 e. The fourth-order valence-corrected chi connectivity index (χ4v) is 6.24. The number of rotatable bonds is 5. The van der Waals surface area contributed by atoms with E-state index in [1.807, 2.05) is 13.0 Å². The van der Waals surface area contributed by atoms with Crippen LogP contribution in [0.15, 0.2) is 47.4 Å². The molecule has 1 fully saturated rings. The molecule has 0 aromatic heterocycles. The van der Waals surface area contributed by atoms with Gasteiger partial charge in [0.15, 0.2) is 14.6 Å². The first kappa shape index (κ1) is 21.0. The van der Waals surface area contributed by atoms with E-state index >= 15 is 0 Å². The largest absolute Gasteiger partial charge is 0.355 e. The number of sulfone groups is 1. The first-order valence-electron chi connectivity index (χ1n) is 9.67. The van der Waals surface area contributed by atoms with Crippen molar-refractivity contribution in [2.75, 3.05) is 12.4 Å². The number of aryl methyl sites for hydroxylation is 2. The Bertz CT molecular complexity index is 1040. The molecular weight excluding hydrogens is 388 g/mol. The van der Waals surface area contributed by atoms with Crippen LogP contribution in [0.3, 0.4) is 0 Å². The predicted molar refractivity (Wildman–Crippen MR) is 113 cm³/mol. The lowest BCUT2D eigenvalue weighted by Crippen LogP contribution is -2.47. The second kappa shape index (κ2) is 7.99. The monoisotopic (exact) mass is 414 g/mol. The van der Waals surface area contributed by atoms with Crippen LogP contribution in [-0.2, 0) is 14.6 Å². The van der Waals surface area contributed by atoms with Crippen molar-refractivity contribution >= 4 is 27.3 Å². The third kappa shape index (κ3) is 3.79. The molecule has 0 saturated heterocycles. The molecule has 2 amide bonds. The van der Waals surface area contributed by atoms with Crippen molar-refractivity contribution in [1.82, 2.24) is 5.32 Å². The minimum absolute atomic E-state index is 0.226. The van der Waals surface area contributed by atoms with Crippen LogP contribution >= 0.6 is 0 Å². The Balaban J connectivity index is 1.95. The van der Waals surface area contributed by atoms with E-state index in [1.54, 1.807) is 50.4 Å². The van der Waals surface area contributed by atoms with E-state index in [0.717, 1.165) is 5.56 Å². The van der Waals surface area contributed by atoms with E-state index in [9.17, 15) is 18.0 Å². The van der Waals surface area contributed by atoms with Crippen molar-refractivity contribution in [3.8, 4) is 0 Å². The first-order valence-corrected chi connectivity index (χ1v) is 11.1. The molecule has 3 rings (SSSR count). The maximum absolute atomic E-state index is 13.6. The molecule has 2 N–H and O–H groups in total. The van der Waals surface area contributed by atoms with Crippen LogP contribution in [0.5, 0.6) is 0 Å². The summed E-state index contributed by atoms with van der Waals surface area (Å²) in [5.41, 5.74) is 2.41. The molecule has 0 atom stereocenters. The second-order valence-corrected chi connectivity index (χ2v) is 9.81. The highest BCUT2D eigenvalue weighted by Gasteiger charge is 2.53. The average molecular weight is 415 g/mol. The number of hydrogen-bond acceptors (Lipinski definition) is 4.